The minimum Gasteiger partial charge on any atom is -0.356 e. The first-order chi connectivity index (χ1) is 7.92. The van der Waals surface area contributed by atoms with Crippen molar-refractivity contribution in [2.24, 2.45) is 4.99 Å². The smallest absolute Gasteiger partial charge is 0.191 e. The van der Waals surface area contributed by atoms with Crippen molar-refractivity contribution in [2.75, 3.05) is 52.4 Å². The van der Waals surface area contributed by atoms with Gasteiger partial charge in [0.15, 0.2) is 5.96 Å². The number of rotatable bonds is 2. The minimum absolute atomic E-state index is 0.675. The highest BCUT2D eigenvalue weighted by molar-refractivity contribution is 5.80. The standard InChI is InChI=1S/C11H21N5/c1-2-12-11(13-3-1)14-8-10-9-15-4-6-16(10)7-5-15/h10H,1-9H2,(H2,12,13,14). The third-order valence-electron chi connectivity index (χ3n) is 3.79. The highest BCUT2D eigenvalue weighted by atomic mass is 15.4. The Hall–Kier alpha value is -0.810. The van der Waals surface area contributed by atoms with Crippen molar-refractivity contribution in [1.29, 1.82) is 0 Å². The van der Waals surface area contributed by atoms with Gasteiger partial charge in [0.05, 0.1) is 0 Å². The summed E-state index contributed by atoms with van der Waals surface area (Å²) in [6.07, 6.45) is 1.16. The van der Waals surface area contributed by atoms with Gasteiger partial charge >= 0.3 is 0 Å². The zero-order chi connectivity index (χ0) is 10.8. The monoisotopic (exact) mass is 223 g/mol. The van der Waals surface area contributed by atoms with E-state index in [-0.39, 0.29) is 0 Å². The minimum atomic E-state index is 0.675. The number of hydrogen-bond acceptors (Lipinski definition) is 5. The second-order valence-corrected chi connectivity index (χ2v) is 4.88. The summed E-state index contributed by atoms with van der Waals surface area (Å²) in [6, 6.07) is 0.675. The summed E-state index contributed by atoms with van der Waals surface area (Å²) < 4.78 is 0. The van der Waals surface area contributed by atoms with Crippen molar-refractivity contribution in [2.45, 2.75) is 12.5 Å². The van der Waals surface area contributed by atoms with Crippen LogP contribution in [0.2, 0.25) is 0 Å². The van der Waals surface area contributed by atoms with E-state index in [2.05, 4.69) is 25.4 Å². The van der Waals surface area contributed by atoms with E-state index in [1.807, 2.05) is 0 Å². The van der Waals surface area contributed by atoms with Crippen LogP contribution in [0.15, 0.2) is 4.99 Å². The third kappa shape index (κ3) is 2.15. The van der Waals surface area contributed by atoms with Crippen LogP contribution < -0.4 is 10.6 Å². The molecular weight excluding hydrogens is 202 g/mol. The van der Waals surface area contributed by atoms with Gasteiger partial charge in [-0.3, -0.25) is 14.8 Å². The molecule has 0 aromatic carbocycles. The van der Waals surface area contributed by atoms with E-state index < -0.39 is 0 Å². The predicted octanol–water partition coefficient (Wildman–Crippen LogP) is -1.07. The SMILES string of the molecule is C1CN=C(NCC2CN3CCN2CC3)NC1. The molecule has 5 heteroatoms. The third-order valence-corrected chi connectivity index (χ3v) is 3.79. The van der Waals surface area contributed by atoms with Crippen LogP contribution in [0.3, 0.4) is 0 Å². The number of nitrogens with zero attached hydrogens (tertiary/aromatic N) is 3. The molecule has 3 saturated heterocycles. The fourth-order valence-corrected chi connectivity index (χ4v) is 2.78. The van der Waals surface area contributed by atoms with Gasteiger partial charge in [-0.2, -0.15) is 0 Å². The van der Waals surface area contributed by atoms with Gasteiger partial charge in [-0.15, -0.1) is 0 Å². The highest BCUT2D eigenvalue weighted by Crippen LogP contribution is 2.14. The van der Waals surface area contributed by atoms with Gasteiger partial charge in [0.25, 0.3) is 0 Å². The quantitative estimate of drug-likeness (QED) is 0.625. The van der Waals surface area contributed by atoms with Crippen LogP contribution in [0.1, 0.15) is 6.42 Å². The first-order valence-electron chi connectivity index (χ1n) is 6.40. The second kappa shape index (κ2) is 4.59. The van der Waals surface area contributed by atoms with Crippen molar-refractivity contribution in [1.82, 2.24) is 20.4 Å². The summed E-state index contributed by atoms with van der Waals surface area (Å²) in [5.74, 6) is 1.00. The Labute approximate surface area is 96.9 Å². The van der Waals surface area contributed by atoms with E-state index >= 15 is 0 Å². The molecule has 0 aromatic heterocycles. The fourth-order valence-electron chi connectivity index (χ4n) is 2.78. The van der Waals surface area contributed by atoms with Crippen LogP contribution in [-0.2, 0) is 0 Å². The lowest BCUT2D eigenvalue weighted by Crippen LogP contribution is -2.64. The average molecular weight is 223 g/mol. The molecule has 1 atom stereocenters. The van der Waals surface area contributed by atoms with E-state index in [0.717, 1.165) is 32.0 Å². The Bertz CT molecular complexity index is 270. The fraction of sp³-hybridized carbons (Fsp3) is 0.909. The van der Waals surface area contributed by atoms with Crippen molar-refractivity contribution < 1.29 is 0 Å². The molecule has 4 aliphatic rings. The Morgan fingerprint density at radius 2 is 2.19 bits per heavy atom. The van der Waals surface area contributed by atoms with Crippen LogP contribution in [0, 0.1) is 0 Å². The predicted molar refractivity (Wildman–Crippen MR) is 64.7 cm³/mol. The Morgan fingerprint density at radius 1 is 1.31 bits per heavy atom. The molecular formula is C11H21N5. The molecule has 0 saturated carbocycles. The van der Waals surface area contributed by atoms with Gasteiger partial charge < -0.3 is 10.6 Å². The average Bonchev–Trinajstić information content (AvgIpc) is 2.39. The summed E-state index contributed by atoms with van der Waals surface area (Å²) >= 11 is 0. The maximum absolute atomic E-state index is 4.44. The molecule has 0 aromatic rings. The molecule has 90 valence electrons. The number of nitrogens with one attached hydrogen (secondary N) is 2. The zero-order valence-corrected chi connectivity index (χ0v) is 9.78. The van der Waals surface area contributed by atoms with E-state index in [1.54, 1.807) is 0 Å². The van der Waals surface area contributed by atoms with Gasteiger partial charge in [-0.05, 0) is 6.42 Å². The van der Waals surface area contributed by atoms with Crippen molar-refractivity contribution in [3.05, 3.63) is 0 Å². The number of piperazine rings is 3. The Balaban J connectivity index is 1.49. The summed E-state index contributed by atoms with van der Waals surface area (Å²) in [6.45, 7) is 9.29. The summed E-state index contributed by atoms with van der Waals surface area (Å²) in [5.41, 5.74) is 0. The molecule has 2 N–H and O–H groups in total. The van der Waals surface area contributed by atoms with Gasteiger partial charge in [-0.1, -0.05) is 0 Å². The van der Waals surface area contributed by atoms with Crippen molar-refractivity contribution in [3.8, 4) is 0 Å². The molecule has 4 heterocycles. The maximum atomic E-state index is 4.44. The highest BCUT2D eigenvalue weighted by Gasteiger charge is 2.31. The lowest BCUT2D eigenvalue weighted by molar-refractivity contribution is 0.0154. The largest absolute Gasteiger partial charge is 0.356 e. The normalized spacial score (nSPS) is 37.8. The van der Waals surface area contributed by atoms with Gasteiger partial charge in [0.2, 0.25) is 0 Å². The number of hydrogen-bond donors (Lipinski definition) is 2. The molecule has 0 radical (unpaired) electrons. The molecule has 1 unspecified atom stereocenters. The van der Waals surface area contributed by atoms with E-state index in [1.165, 1.54) is 32.7 Å². The lowest BCUT2D eigenvalue weighted by atomic mass is 10.1. The molecule has 4 aliphatic heterocycles. The maximum Gasteiger partial charge on any atom is 0.191 e. The molecule has 0 amide bonds. The van der Waals surface area contributed by atoms with Crippen molar-refractivity contribution in [3.63, 3.8) is 0 Å². The number of fused-ring (bicyclic) bond motifs is 3. The Morgan fingerprint density at radius 3 is 2.81 bits per heavy atom. The first kappa shape index (κ1) is 10.4. The summed E-state index contributed by atoms with van der Waals surface area (Å²) in [4.78, 5) is 9.62. The topological polar surface area (TPSA) is 42.9 Å². The summed E-state index contributed by atoms with van der Waals surface area (Å²) in [7, 11) is 0. The molecule has 16 heavy (non-hydrogen) atoms. The lowest BCUT2D eigenvalue weighted by Gasteiger charge is -2.47. The van der Waals surface area contributed by atoms with Gasteiger partial charge in [0, 0.05) is 58.4 Å². The zero-order valence-electron chi connectivity index (χ0n) is 9.78. The van der Waals surface area contributed by atoms with Crippen LogP contribution in [-0.4, -0.2) is 74.2 Å². The van der Waals surface area contributed by atoms with Crippen LogP contribution in [0.4, 0.5) is 0 Å². The first-order valence-corrected chi connectivity index (χ1v) is 6.40. The van der Waals surface area contributed by atoms with Crippen LogP contribution in [0.5, 0.6) is 0 Å². The van der Waals surface area contributed by atoms with Crippen LogP contribution >= 0.6 is 0 Å². The molecule has 0 spiro atoms. The van der Waals surface area contributed by atoms with Gasteiger partial charge in [-0.25, -0.2) is 0 Å². The van der Waals surface area contributed by atoms with Gasteiger partial charge in [0.1, 0.15) is 0 Å². The number of guanidine groups is 1. The van der Waals surface area contributed by atoms with E-state index in [0.29, 0.717) is 6.04 Å². The van der Waals surface area contributed by atoms with E-state index in [4.69, 9.17) is 0 Å². The molecule has 3 fully saturated rings. The van der Waals surface area contributed by atoms with E-state index in [9.17, 15) is 0 Å². The summed E-state index contributed by atoms with van der Waals surface area (Å²) in [5, 5.41) is 6.76. The number of aliphatic imine (C=N–C) groups is 1. The Kier molecular flexibility index (Phi) is 2.97. The van der Waals surface area contributed by atoms with Crippen LogP contribution in [0.25, 0.3) is 0 Å². The van der Waals surface area contributed by atoms with Crippen molar-refractivity contribution >= 4 is 5.96 Å². The molecule has 0 aliphatic carbocycles. The molecule has 4 rings (SSSR count). The second-order valence-electron chi connectivity index (χ2n) is 4.88. The molecule has 2 bridgehead atoms. The molecule has 5 nitrogen and oxygen atoms in total.